The van der Waals surface area contributed by atoms with Crippen molar-refractivity contribution in [3.63, 3.8) is 0 Å². The summed E-state index contributed by atoms with van der Waals surface area (Å²) >= 11 is 0. The summed E-state index contributed by atoms with van der Waals surface area (Å²) in [5.74, 6) is -4.30. The highest BCUT2D eigenvalue weighted by atomic mass is 19.3. The van der Waals surface area contributed by atoms with E-state index in [9.17, 15) is 13.6 Å². The predicted molar refractivity (Wildman–Crippen MR) is 69.7 cm³/mol. The normalized spacial score (nSPS) is 13.6. The first-order chi connectivity index (χ1) is 9.35. The molecule has 108 valence electrons. The van der Waals surface area contributed by atoms with Crippen molar-refractivity contribution >= 4 is 16.9 Å². The summed E-state index contributed by atoms with van der Waals surface area (Å²) < 4.78 is 31.0. The number of benzene rings is 1. The van der Waals surface area contributed by atoms with Crippen LogP contribution in [-0.2, 0) is 11.3 Å². The minimum absolute atomic E-state index is 0.203. The monoisotopic (exact) mass is 283 g/mol. The first-order valence-electron chi connectivity index (χ1n) is 6.15. The molecule has 1 heterocycles. The third-order valence-corrected chi connectivity index (χ3v) is 2.93. The Balaban J connectivity index is 2.03. The maximum atomic E-state index is 12.9. The molecule has 0 aliphatic carbocycles. The highest BCUT2D eigenvalue weighted by Gasteiger charge is 2.30. The van der Waals surface area contributed by atoms with E-state index in [4.69, 9.17) is 9.52 Å². The summed E-state index contributed by atoms with van der Waals surface area (Å²) in [7, 11) is 0. The van der Waals surface area contributed by atoms with Crippen LogP contribution in [0.1, 0.15) is 18.9 Å². The van der Waals surface area contributed by atoms with Crippen LogP contribution in [0.2, 0.25) is 0 Å². The van der Waals surface area contributed by atoms with Crippen molar-refractivity contribution in [3.05, 3.63) is 36.1 Å². The molecule has 1 aromatic heterocycles. The first-order valence-corrected chi connectivity index (χ1v) is 6.15. The number of fused-ring (bicyclic) bond motifs is 1. The summed E-state index contributed by atoms with van der Waals surface area (Å²) in [6, 6.07) is 5.86. The van der Waals surface area contributed by atoms with E-state index in [1.807, 2.05) is 6.07 Å². The average Bonchev–Trinajstić information content (AvgIpc) is 2.80. The van der Waals surface area contributed by atoms with Crippen molar-refractivity contribution in [2.45, 2.75) is 31.9 Å². The Kier molecular flexibility index (Phi) is 4.04. The van der Waals surface area contributed by atoms with Gasteiger partial charge in [0.15, 0.2) is 0 Å². The van der Waals surface area contributed by atoms with Crippen LogP contribution in [0.5, 0.6) is 0 Å². The fraction of sp³-hybridized carbons (Fsp3) is 0.357. The number of hydrogen-bond donors (Lipinski definition) is 2. The molecular formula is C14H15F2NO3. The van der Waals surface area contributed by atoms with E-state index < -0.39 is 24.4 Å². The molecule has 0 aliphatic heterocycles. The summed E-state index contributed by atoms with van der Waals surface area (Å²) in [4.78, 5) is 11.0. The SMILES string of the molecule is CC(F)(F)CC(NCc1ccc2occc2c1)C(=O)O. The smallest absolute Gasteiger partial charge is 0.320 e. The van der Waals surface area contributed by atoms with E-state index in [1.165, 1.54) is 0 Å². The first kappa shape index (κ1) is 14.5. The van der Waals surface area contributed by atoms with E-state index in [0.717, 1.165) is 16.5 Å². The second-order valence-corrected chi connectivity index (χ2v) is 4.84. The Morgan fingerprint density at radius 3 is 2.85 bits per heavy atom. The third-order valence-electron chi connectivity index (χ3n) is 2.93. The molecule has 0 spiro atoms. The highest BCUT2D eigenvalue weighted by molar-refractivity contribution is 5.77. The van der Waals surface area contributed by atoms with Gasteiger partial charge < -0.3 is 14.8 Å². The Bertz CT molecular complexity index is 604. The standard InChI is InChI=1S/C14H15F2NO3/c1-14(15,16)7-11(13(18)19)17-8-9-2-3-12-10(6-9)4-5-20-12/h2-6,11,17H,7-8H2,1H3,(H,18,19). The van der Waals surface area contributed by atoms with Gasteiger partial charge in [0.1, 0.15) is 11.6 Å². The van der Waals surface area contributed by atoms with Crippen LogP contribution in [0.15, 0.2) is 34.9 Å². The number of carboxylic acid groups (broad SMARTS) is 1. The zero-order valence-electron chi connectivity index (χ0n) is 10.9. The molecule has 20 heavy (non-hydrogen) atoms. The van der Waals surface area contributed by atoms with Gasteiger partial charge in [0, 0.05) is 18.4 Å². The number of carboxylic acids is 1. The molecule has 0 aliphatic rings. The summed E-state index contributed by atoms with van der Waals surface area (Å²) in [5.41, 5.74) is 1.54. The maximum Gasteiger partial charge on any atom is 0.320 e. The van der Waals surface area contributed by atoms with Gasteiger partial charge in [0.05, 0.1) is 6.26 Å². The average molecular weight is 283 g/mol. The lowest BCUT2D eigenvalue weighted by molar-refractivity contribution is -0.142. The van der Waals surface area contributed by atoms with Gasteiger partial charge in [-0.3, -0.25) is 4.79 Å². The van der Waals surface area contributed by atoms with E-state index >= 15 is 0 Å². The number of aliphatic carboxylic acids is 1. The molecule has 2 aromatic rings. The number of furan rings is 1. The second kappa shape index (κ2) is 5.58. The fourth-order valence-corrected chi connectivity index (χ4v) is 1.97. The van der Waals surface area contributed by atoms with E-state index in [0.29, 0.717) is 6.92 Å². The molecule has 1 atom stereocenters. The molecule has 6 heteroatoms. The van der Waals surface area contributed by atoms with Crippen LogP contribution in [0.25, 0.3) is 11.0 Å². The van der Waals surface area contributed by atoms with Crippen molar-refractivity contribution in [3.8, 4) is 0 Å². The summed E-state index contributed by atoms with van der Waals surface area (Å²) in [6.07, 6.45) is 0.815. The minimum atomic E-state index is -3.02. The Hall–Kier alpha value is -1.95. The van der Waals surface area contributed by atoms with E-state index in [-0.39, 0.29) is 6.54 Å². The molecule has 0 saturated heterocycles. The van der Waals surface area contributed by atoms with Crippen LogP contribution in [0, 0.1) is 0 Å². The zero-order valence-corrected chi connectivity index (χ0v) is 10.9. The number of halogens is 2. The van der Waals surface area contributed by atoms with Gasteiger partial charge in [-0.25, -0.2) is 8.78 Å². The minimum Gasteiger partial charge on any atom is -0.480 e. The maximum absolute atomic E-state index is 12.9. The van der Waals surface area contributed by atoms with Crippen molar-refractivity contribution in [2.75, 3.05) is 0 Å². The molecule has 1 aromatic carbocycles. The topological polar surface area (TPSA) is 62.5 Å². The van der Waals surface area contributed by atoms with E-state index in [1.54, 1.807) is 24.5 Å². The van der Waals surface area contributed by atoms with Crippen LogP contribution >= 0.6 is 0 Å². The Morgan fingerprint density at radius 1 is 1.45 bits per heavy atom. The van der Waals surface area contributed by atoms with Crippen molar-refractivity contribution in [1.82, 2.24) is 5.32 Å². The molecule has 0 saturated carbocycles. The molecule has 2 N–H and O–H groups in total. The summed E-state index contributed by atoms with van der Waals surface area (Å²) in [6.45, 7) is 0.913. The number of rotatable bonds is 6. The molecular weight excluding hydrogens is 268 g/mol. The van der Waals surface area contributed by atoms with Gasteiger partial charge in [0.25, 0.3) is 0 Å². The molecule has 2 rings (SSSR count). The van der Waals surface area contributed by atoms with Crippen molar-refractivity contribution in [1.29, 1.82) is 0 Å². The number of hydrogen-bond acceptors (Lipinski definition) is 3. The van der Waals surface area contributed by atoms with Crippen LogP contribution in [-0.4, -0.2) is 23.0 Å². The van der Waals surface area contributed by atoms with Gasteiger partial charge in [-0.05, 0) is 30.7 Å². The summed E-state index contributed by atoms with van der Waals surface area (Å²) in [5, 5.41) is 12.5. The fourth-order valence-electron chi connectivity index (χ4n) is 1.97. The number of carbonyl (C=O) groups is 1. The zero-order chi connectivity index (χ0) is 14.8. The molecule has 0 amide bonds. The highest BCUT2D eigenvalue weighted by Crippen LogP contribution is 2.20. The second-order valence-electron chi connectivity index (χ2n) is 4.84. The number of alkyl halides is 2. The van der Waals surface area contributed by atoms with Crippen molar-refractivity contribution in [2.24, 2.45) is 0 Å². The van der Waals surface area contributed by atoms with Gasteiger partial charge in [-0.15, -0.1) is 0 Å². The molecule has 0 radical (unpaired) electrons. The Labute approximate surface area is 114 Å². The lowest BCUT2D eigenvalue weighted by Gasteiger charge is -2.18. The van der Waals surface area contributed by atoms with E-state index in [2.05, 4.69) is 5.32 Å². The van der Waals surface area contributed by atoms with Crippen molar-refractivity contribution < 1.29 is 23.1 Å². The quantitative estimate of drug-likeness (QED) is 0.855. The van der Waals surface area contributed by atoms with Gasteiger partial charge in [-0.2, -0.15) is 0 Å². The van der Waals surface area contributed by atoms with Crippen LogP contribution in [0.3, 0.4) is 0 Å². The van der Waals surface area contributed by atoms with Gasteiger partial charge >= 0.3 is 5.97 Å². The van der Waals surface area contributed by atoms with Gasteiger partial charge in [0.2, 0.25) is 5.92 Å². The van der Waals surface area contributed by atoms with Gasteiger partial charge in [-0.1, -0.05) is 6.07 Å². The lowest BCUT2D eigenvalue weighted by atomic mass is 10.1. The molecule has 0 bridgehead atoms. The lowest BCUT2D eigenvalue weighted by Crippen LogP contribution is -2.40. The Morgan fingerprint density at radius 2 is 2.20 bits per heavy atom. The predicted octanol–water partition coefficient (Wildman–Crippen LogP) is 3.02. The van der Waals surface area contributed by atoms with Crippen LogP contribution in [0.4, 0.5) is 8.78 Å². The molecule has 0 fully saturated rings. The third kappa shape index (κ3) is 3.77. The molecule has 1 unspecified atom stereocenters. The molecule has 4 nitrogen and oxygen atoms in total. The van der Waals surface area contributed by atoms with Crippen LogP contribution < -0.4 is 5.32 Å². The number of nitrogens with one attached hydrogen (secondary N) is 1. The largest absolute Gasteiger partial charge is 0.480 e.